The molecule has 2 aliphatic heterocycles. The first-order chi connectivity index (χ1) is 11.7. The number of carbonyl (C=O) groups excluding carboxylic acids is 1. The Morgan fingerprint density at radius 3 is 2.75 bits per heavy atom. The Hall–Kier alpha value is -2.00. The molecule has 1 saturated heterocycles. The molecule has 0 radical (unpaired) electrons. The minimum Gasteiger partial charge on any atom is -0.454 e. The molecule has 0 unspecified atom stereocenters. The number of carbonyl (C=O) groups is 1. The molecule has 1 amide bonds. The van der Waals surface area contributed by atoms with Crippen LogP contribution in [0.4, 0.5) is 5.69 Å². The Balaban J connectivity index is 1.56. The van der Waals surface area contributed by atoms with Gasteiger partial charge in [0.05, 0.1) is 10.6 Å². The summed E-state index contributed by atoms with van der Waals surface area (Å²) in [5.74, 6) is 1.27. The van der Waals surface area contributed by atoms with Gasteiger partial charge in [0.1, 0.15) is 0 Å². The number of rotatable bonds is 2. The van der Waals surface area contributed by atoms with E-state index in [0.29, 0.717) is 15.8 Å². The average molecular weight is 450 g/mol. The molecule has 24 heavy (non-hydrogen) atoms. The van der Waals surface area contributed by atoms with Gasteiger partial charge in [-0.05, 0) is 82.4 Å². The van der Waals surface area contributed by atoms with E-state index in [-0.39, 0.29) is 12.7 Å². The molecule has 0 aliphatic carbocycles. The molecule has 2 aliphatic rings. The fraction of sp³-hybridized carbons (Fsp3) is 0.0588. The van der Waals surface area contributed by atoms with Crippen molar-refractivity contribution in [2.75, 3.05) is 6.79 Å². The molecular weight excluding hydrogens is 439 g/mol. The summed E-state index contributed by atoms with van der Waals surface area (Å²) in [7, 11) is 0. The average Bonchev–Trinajstić information content (AvgIpc) is 3.16. The molecule has 2 heterocycles. The molecular formula is C17H11IN2O3S. The van der Waals surface area contributed by atoms with Gasteiger partial charge in [0.2, 0.25) is 6.79 Å². The molecule has 1 N–H and O–H groups in total. The molecule has 2 aromatic rings. The lowest BCUT2D eigenvalue weighted by Crippen LogP contribution is -2.19. The van der Waals surface area contributed by atoms with Crippen LogP contribution in [0.1, 0.15) is 5.56 Å². The van der Waals surface area contributed by atoms with Gasteiger partial charge in [-0.3, -0.25) is 4.79 Å². The summed E-state index contributed by atoms with van der Waals surface area (Å²) >= 11 is 3.56. The number of nitrogens with one attached hydrogen (secondary N) is 1. The van der Waals surface area contributed by atoms with Crippen LogP contribution in [0.5, 0.6) is 11.5 Å². The van der Waals surface area contributed by atoms with Crippen molar-refractivity contribution in [2.45, 2.75) is 0 Å². The predicted molar refractivity (Wildman–Crippen MR) is 103 cm³/mol. The van der Waals surface area contributed by atoms with Crippen LogP contribution in [-0.2, 0) is 4.79 Å². The number of ether oxygens (including phenoxy) is 2. The Bertz CT molecular complexity index is 878. The number of fused-ring (bicyclic) bond motifs is 1. The van der Waals surface area contributed by atoms with Gasteiger partial charge in [-0.1, -0.05) is 6.07 Å². The van der Waals surface area contributed by atoms with Gasteiger partial charge in [-0.15, -0.1) is 0 Å². The smallest absolute Gasteiger partial charge is 0.264 e. The van der Waals surface area contributed by atoms with Crippen LogP contribution in [0.15, 0.2) is 52.4 Å². The zero-order valence-electron chi connectivity index (χ0n) is 12.3. The molecule has 0 atom stereocenters. The van der Waals surface area contributed by atoms with Crippen molar-refractivity contribution < 1.29 is 14.3 Å². The third-order valence-corrected chi connectivity index (χ3v) is 5.03. The maximum Gasteiger partial charge on any atom is 0.264 e. The van der Waals surface area contributed by atoms with Gasteiger partial charge in [-0.2, -0.15) is 0 Å². The number of nitrogens with zero attached hydrogens (tertiary/aromatic N) is 1. The van der Waals surface area contributed by atoms with Gasteiger partial charge in [-0.25, -0.2) is 4.99 Å². The molecule has 0 spiro atoms. The van der Waals surface area contributed by atoms with Crippen LogP contribution in [0.25, 0.3) is 6.08 Å². The lowest BCUT2D eigenvalue weighted by molar-refractivity contribution is -0.115. The molecule has 0 aromatic heterocycles. The molecule has 7 heteroatoms. The minimum atomic E-state index is -0.151. The van der Waals surface area contributed by atoms with E-state index in [1.807, 2.05) is 48.5 Å². The van der Waals surface area contributed by atoms with Gasteiger partial charge in [0.25, 0.3) is 5.91 Å². The van der Waals surface area contributed by atoms with Gasteiger partial charge in [0, 0.05) is 3.57 Å². The van der Waals surface area contributed by atoms with E-state index in [4.69, 9.17) is 9.47 Å². The molecule has 120 valence electrons. The van der Waals surface area contributed by atoms with Gasteiger partial charge < -0.3 is 14.8 Å². The van der Waals surface area contributed by atoms with E-state index >= 15 is 0 Å². The highest BCUT2D eigenvalue weighted by Crippen LogP contribution is 2.34. The summed E-state index contributed by atoms with van der Waals surface area (Å²) in [6, 6.07) is 13.4. The third kappa shape index (κ3) is 3.27. The summed E-state index contributed by atoms with van der Waals surface area (Å²) < 4.78 is 11.8. The number of benzene rings is 2. The van der Waals surface area contributed by atoms with E-state index < -0.39 is 0 Å². The first-order valence-electron chi connectivity index (χ1n) is 7.12. The number of hydrogen-bond donors (Lipinski definition) is 1. The van der Waals surface area contributed by atoms with Crippen LogP contribution in [0.3, 0.4) is 0 Å². The Morgan fingerprint density at radius 2 is 1.92 bits per heavy atom. The van der Waals surface area contributed by atoms with Crippen molar-refractivity contribution in [1.82, 2.24) is 5.32 Å². The highest BCUT2D eigenvalue weighted by molar-refractivity contribution is 14.1. The Labute approximate surface area is 156 Å². The second kappa shape index (κ2) is 6.48. The molecule has 0 bridgehead atoms. The van der Waals surface area contributed by atoms with Crippen molar-refractivity contribution in [3.05, 3.63) is 56.5 Å². The molecule has 2 aromatic carbocycles. The number of thioether (sulfide) groups is 1. The molecule has 1 fully saturated rings. The van der Waals surface area contributed by atoms with Crippen molar-refractivity contribution in [3.63, 3.8) is 0 Å². The highest BCUT2D eigenvalue weighted by atomic mass is 127. The first kappa shape index (κ1) is 15.5. The molecule has 0 saturated carbocycles. The summed E-state index contributed by atoms with van der Waals surface area (Å²) in [6.07, 6.45) is 1.82. The van der Waals surface area contributed by atoms with E-state index in [1.54, 1.807) is 0 Å². The maximum absolute atomic E-state index is 12.1. The number of hydrogen-bond acceptors (Lipinski definition) is 5. The predicted octanol–water partition coefficient (Wildman–Crippen LogP) is 3.91. The minimum absolute atomic E-state index is 0.151. The standard InChI is InChI=1S/C17H11IN2O3S/c18-11-2-4-12(5-3-11)19-17-20-16(21)15(24-17)8-10-1-6-13-14(7-10)23-9-22-13/h1-8H,9H2,(H,19,20,21)/b15-8+. The quantitative estimate of drug-likeness (QED) is 0.557. The number of amidine groups is 1. The first-order valence-corrected chi connectivity index (χ1v) is 9.02. The molecule has 4 rings (SSSR count). The summed E-state index contributed by atoms with van der Waals surface area (Å²) in [4.78, 5) is 17.2. The summed E-state index contributed by atoms with van der Waals surface area (Å²) in [6.45, 7) is 0.234. The van der Waals surface area contributed by atoms with Crippen molar-refractivity contribution >= 4 is 57.2 Å². The van der Waals surface area contributed by atoms with Crippen LogP contribution in [0.2, 0.25) is 0 Å². The maximum atomic E-state index is 12.1. The second-order valence-electron chi connectivity index (χ2n) is 5.07. The lowest BCUT2D eigenvalue weighted by Gasteiger charge is -1.98. The molecule has 5 nitrogen and oxygen atoms in total. The fourth-order valence-electron chi connectivity index (χ4n) is 2.27. The van der Waals surface area contributed by atoms with E-state index in [2.05, 4.69) is 32.9 Å². The van der Waals surface area contributed by atoms with Gasteiger partial charge >= 0.3 is 0 Å². The second-order valence-corrected chi connectivity index (χ2v) is 7.35. The van der Waals surface area contributed by atoms with E-state index in [1.165, 1.54) is 11.8 Å². The van der Waals surface area contributed by atoms with Crippen LogP contribution < -0.4 is 14.8 Å². The zero-order valence-corrected chi connectivity index (χ0v) is 15.3. The zero-order chi connectivity index (χ0) is 16.5. The Kier molecular flexibility index (Phi) is 4.19. The number of aliphatic imine (C=N–C) groups is 1. The fourth-order valence-corrected chi connectivity index (χ4v) is 3.47. The van der Waals surface area contributed by atoms with Crippen molar-refractivity contribution in [1.29, 1.82) is 0 Å². The topological polar surface area (TPSA) is 59.9 Å². The highest BCUT2D eigenvalue weighted by Gasteiger charge is 2.24. The summed E-state index contributed by atoms with van der Waals surface area (Å²) in [5, 5.41) is 3.36. The van der Waals surface area contributed by atoms with Crippen molar-refractivity contribution in [2.24, 2.45) is 4.99 Å². The number of amides is 1. The monoisotopic (exact) mass is 450 g/mol. The van der Waals surface area contributed by atoms with E-state index in [9.17, 15) is 4.79 Å². The van der Waals surface area contributed by atoms with E-state index in [0.717, 1.165) is 20.6 Å². The number of halogens is 1. The van der Waals surface area contributed by atoms with Gasteiger partial charge in [0.15, 0.2) is 16.7 Å². The lowest BCUT2D eigenvalue weighted by atomic mass is 10.2. The SMILES string of the molecule is O=C1NC(=Nc2ccc(I)cc2)S/C1=C/c1ccc2c(c1)OCO2. The Morgan fingerprint density at radius 1 is 1.12 bits per heavy atom. The van der Waals surface area contributed by atoms with Crippen LogP contribution in [0, 0.1) is 3.57 Å². The van der Waals surface area contributed by atoms with Crippen LogP contribution >= 0.6 is 34.4 Å². The van der Waals surface area contributed by atoms with Crippen LogP contribution in [-0.4, -0.2) is 17.9 Å². The van der Waals surface area contributed by atoms with Crippen molar-refractivity contribution in [3.8, 4) is 11.5 Å². The largest absolute Gasteiger partial charge is 0.454 e. The third-order valence-electron chi connectivity index (χ3n) is 3.40. The summed E-state index contributed by atoms with van der Waals surface area (Å²) in [5.41, 5.74) is 1.69. The normalized spacial score (nSPS) is 19.1.